The molecule has 2 aromatic rings. The number of halogens is 2. The van der Waals surface area contributed by atoms with Gasteiger partial charge in [0.2, 0.25) is 0 Å². The highest BCUT2D eigenvalue weighted by Gasteiger charge is 2.15. The second-order valence-corrected chi connectivity index (χ2v) is 5.99. The Morgan fingerprint density at radius 2 is 2.05 bits per heavy atom. The Kier molecular flexibility index (Phi) is 4.29. The van der Waals surface area contributed by atoms with Crippen LogP contribution in [0.3, 0.4) is 0 Å². The van der Waals surface area contributed by atoms with Crippen LogP contribution in [0.5, 0.6) is 0 Å². The molecule has 3 nitrogen and oxygen atoms in total. The summed E-state index contributed by atoms with van der Waals surface area (Å²) >= 11 is 12.3. The third-order valence-electron chi connectivity index (χ3n) is 3.78. The molecule has 5 heteroatoms. The molecule has 0 atom stereocenters. The molecule has 1 aliphatic rings. The van der Waals surface area contributed by atoms with Gasteiger partial charge in [-0.1, -0.05) is 48.2 Å². The molecule has 0 saturated heterocycles. The average molecular weight is 310 g/mol. The quantitative estimate of drug-likeness (QED) is 0.878. The first-order valence-electron chi connectivity index (χ1n) is 6.95. The number of aromatic amines is 1. The minimum absolute atomic E-state index is 0.560. The molecule has 20 heavy (non-hydrogen) atoms. The molecule has 0 spiro atoms. The lowest BCUT2D eigenvalue weighted by Crippen LogP contribution is -2.25. The van der Waals surface area contributed by atoms with Crippen molar-refractivity contribution in [1.82, 2.24) is 15.3 Å². The molecule has 106 valence electrons. The number of H-pyrrole nitrogens is 1. The summed E-state index contributed by atoms with van der Waals surface area (Å²) in [6.07, 6.45) is 7.02. The molecule has 1 fully saturated rings. The van der Waals surface area contributed by atoms with E-state index in [0.717, 1.165) is 23.6 Å². The number of nitrogens with one attached hydrogen (secondary N) is 2. The van der Waals surface area contributed by atoms with Gasteiger partial charge in [0, 0.05) is 11.6 Å². The maximum Gasteiger partial charge on any atom is 0.120 e. The van der Waals surface area contributed by atoms with Crippen LogP contribution in [0.15, 0.2) is 24.4 Å². The van der Waals surface area contributed by atoms with Crippen LogP contribution in [0.1, 0.15) is 31.5 Å². The average Bonchev–Trinajstić information content (AvgIpc) is 3.10. The van der Waals surface area contributed by atoms with E-state index in [2.05, 4.69) is 15.3 Å². The predicted molar refractivity (Wildman–Crippen MR) is 83.1 cm³/mol. The summed E-state index contributed by atoms with van der Waals surface area (Å²) in [4.78, 5) is 7.71. The lowest BCUT2D eigenvalue weighted by Gasteiger charge is -2.09. The zero-order valence-electron chi connectivity index (χ0n) is 11.1. The van der Waals surface area contributed by atoms with E-state index < -0.39 is 0 Å². The second-order valence-electron chi connectivity index (χ2n) is 5.21. The highest BCUT2D eigenvalue weighted by molar-refractivity contribution is 6.43. The number of aromatic nitrogens is 2. The van der Waals surface area contributed by atoms with Crippen LogP contribution in [0, 0.1) is 0 Å². The summed E-state index contributed by atoms with van der Waals surface area (Å²) in [5.41, 5.74) is 1.79. The molecule has 2 N–H and O–H groups in total. The Balaban J connectivity index is 1.71. The second kappa shape index (κ2) is 6.17. The zero-order valence-corrected chi connectivity index (χ0v) is 12.6. The van der Waals surface area contributed by atoms with Gasteiger partial charge in [-0.2, -0.15) is 0 Å². The molecule has 1 aliphatic carbocycles. The number of nitrogens with zero attached hydrogens (tertiary/aromatic N) is 1. The van der Waals surface area contributed by atoms with E-state index in [0.29, 0.717) is 16.1 Å². The standard InChI is InChI=1S/C15H17Cl2N3/c16-12-7-3-6-11(15(12)17)13-8-19-14(20-13)9-18-10-4-1-2-5-10/h3,6-8,10,18H,1-2,4-5,9H2,(H,19,20). The lowest BCUT2D eigenvalue weighted by molar-refractivity contribution is 0.515. The van der Waals surface area contributed by atoms with Crippen molar-refractivity contribution in [2.24, 2.45) is 0 Å². The molecule has 0 bridgehead atoms. The summed E-state index contributed by atoms with van der Waals surface area (Å²) in [7, 11) is 0. The fraction of sp³-hybridized carbons (Fsp3) is 0.400. The van der Waals surface area contributed by atoms with Gasteiger partial charge in [-0.3, -0.25) is 0 Å². The number of benzene rings is 1. The Labute approximate surface area is 128 Å². The zero-order chi connectivity index (χ0) is 13.9. The van der Waals surface area contributed by atoms with Gasteiger partial charge in [0.1, 0.15) is 5.82 Å². The van der Waals surface area contributed by atoms with E-state index in [9.17, 15) is 0 Å². The summed E-state index contributed by atoms with van der Waals surface area (Å²) in [5, 5.41) is 4.66. The molecular weight excluding hydrogens is 293 g/mol. The Morgan fingerprint density at radius 1 is 1.25 bits per heavy atom. The smallest absolute Gasteiger partial charge is 0.120 e. The molecule has 0 radical (unpaired) electrons. The van der Waals surface area contributed by atoms with E-state index in [1.807, 2.05) is 18.3 Å². The summed E-state index contributed by atoms with van der Waals surface area (Å²) in [5.74, 6) is 0.933. The topological polar surface area (TPSA) is 40.7 Å². The monoisotopic (exact) mass is 309 g/mol. The van der Waals surface area contributed by atoms with Crippen LogP contribution >= 0.6 is 23.2 Å². The van der Waals surface area contributed by atoms with Crippen LogP contribution in [-0.2, 0) is 6.54 Å². The maximum atomic E-state index is 6.22. The largest absolute Gasteiger partial charge is 0.341 e. The first-order valence-corrected chi connectivity index (χ1v) is 7.71. The highest BCUT2D eigenvalue weighted by atomic mass is 35.5. The van der Waals surface area contributed by atoms with E-state index >= 15 is 0 Å². The first-order chi connectivity index (χ1) is 9.74. The SMILES string of the molecule is Clc1cccc(-c2cnc(CNC3CCCC3)[nH]2)c1Cl. The van der Waals surface area contributed by atoms with Crippen molar-refractivity contribution in [2.75, 3.05) is 0 Å². The van der Waals surface area contributed by atoms with Crippen LogP contribution in [0.2, 0.25) is 10.0 Å². The summed E-state index contributed by atoms with van der Waals surface area (Å²) in [6, 6.07) is 6.25. The molecule has 0 aliphatic heterocycles. The summed E-state index contributed by atoms with van der Waals surface area (Å²) < 4.78 is 0. The Hall–Kier alpha value is -1.03. The minimum Gasteiger partial charge on any atom is -0.341 e. The number of imidazole rings is 1. The number of hydrogen-bond donors (Lipinski definition) is 2. The van der Waals surface area contributed by atoms with E-state index in [4.69, 9.17) is 23.2 Å². The molecule has 3 rings (SSSR count). The molecule has 1 aromatic carbocycles. The normalized spacial score (nSPS) is 15.9. The lowest BCUT2D eigenvalue weighted by atomic mass is 10.2. The van der Waals surface area contributed by atoms with Gasteiger partial charge < -0.3 is 10.3 Å². The van der Waals surface area contributed by atoms with Crippen molar-refractivity contribution in [3.63, 3.8) is 0 Å². The van der Waals surface area contributed by atoms with Crippen molar-refractivity contribution in [3.8, 4) is 11.3 Å². The van der Waals surface area contributed by atoms with E-state index in [1.165, 1.54) is 25.7 Å². The van der Waals surface area contributed by atoms with Crippen molar-refractivity contribution in [3.05, 3.63) is 40.3 Å². The third kappa shape index (κ3) is 3.00. The van der Waals surface area contributed by atoms with Crippen molar-refractivity contribution in [1.29, 1.82) is 0 Å². The van der Waals surface area contributed by atoms with Gasteiger partial charge in [-0.05, 0) is 18.9 Å². The van der Waals surface area contributed by atoms with Crippen molar-refractivity contribution < 1.29 is 0 Å². The molecule has 0 unspecified atom stereocenters. The van der Waals surface area contributed by atoms with Gasteiger partial charge in [-0.25, -0.2) is 4.98 Å². The van der Waals surface area contributed by atoms with Gasteiger partial charge >= 0.3 is 0 Å². The van der Waals surface area contributed by atoms with Crippen molar-refractivity contribution in [2.45, 2.75) is 38.3 Å². The number of rotatable bonds is 4. The van der Waals surface area contributed by atoms with E-state index in [1.54, 1.807) is 6.07 Å². The Bertz CT molecular complexity index is 589. The Morgan fingerprint density at radius 3 is 2.85 bits per heavy atom. The first kappa shape index (κ1) is 13.9. The predicted octanol–water partition coefficient (Wildman–Crippen LogP) is 4.42. The van der Waals surface area contributed by atoms with Gasteiger partial charge in [0.05, 0.1) is 28.5 Å². The van der Waals surface area contributed by atoms with Crippen LogP contribution in [-0.4, -0.2) is 16.0 Å². The molecule has 0 amide bonds. The van der Waals surface area contributed by atoms with Crippen LogP contribution < -0.4 is 5.32 Å². The molecular formula is C15H17Cl2N3. The van der Waals surface area contributed by atoms with Gasteiger partial charge in [-0.15, -0.1) is 0 Å². The summed E-state index contributed by atoms with van der Waals surface area (Å²) in [6.45, 7) is 0.767. The maximum absolute atomic E-state index is 6.22. The third-order valence-corrected chi connectivity index (χ3v) is 4.60. The van der Waals surface area contributed by atoms with Crippen molar-refractivity contribution >= 4 is 23.2 Å². The van der Waals surface area contributed by atoms with Gasteiger partial charge in [0.25, 0.3) is 0 Å². The molecule has 1 aromatic heterocycles. The molecule has 1 heterocycles. The highest BCUT2D eigenvalue weighted by Crippen LogP contribution is 2.32. The fourth-order valence-corrected chi connectivity index (χ4v) is 3.07. The van der Waals surface area contributed by atoms with Gasteiger partial charge in [0.15, 0.2) is 0 Å². The van der Waals surface area contributed by atoms with Crippen LogP contribution in [0.25, 0.3) is 11.3 Å². The van der Waals surface area contributed by atoms with E-state index in [-0.39, 0.29) is 0 Å². The van der Waals surface area contributed by atoms with Crippen LogP contribution in [0.4, 0.5) is 0 Å². The minimum atomic E-state index is 0.560. The molecule has 1 saturated carbocycles. The fourth-order valence-electron chi connectivity index (χ4n) is 2.67. The number of hydrogen-bond acceptors (Lipinski definition) is 2.